The molecule has 0 aromatic heterocycles. The van der Waals surface area contributed by atoms with E-state index in [9.17, 15) is 31.2 Å². The van der Waals surface area contributed by atoms with Gasteiger partial charge in [-0.2, -0.15) is 13.2 Å². The molecule has 0 fully saturated rings. The van der Waals surface area contributed by atoms with Crippen LogP contribution in [0.1, 0.15) is 44.7 Å². The Bertz CT molecular complexity index is 1470. The van der Waals surface area contributed by atoms with Crippen LogP contribution < -0.4 is 9.62 Å². The number of amides is 2. The van der Waals surface area contributed by atoms with Gasteiger partial charge in [-0.25, -0.2) is 8.42 Å². The van der Waals surface area contributed by atoms with Gasteiger partial charge in [0.05, 0.1) is 21.2 Å². The molecule has 7 nitrogen and oxygen atoms in total. The van der Waals surface area contributed by atoms with E-state index >= 15 is 0 Å². The number of nitrogens with one attached hydrogen (secondary N) is 1. The Labute approximate surface area is 249 Å². The first-order valence-corrected chi connectivity index (χ1v) is 15.2. The third kappa shape index (κ3) is 8.04. The average molecular weight is 624 g/mol. The number of hydrogen-bond donors (Lipinski definition) is 1. The first-order valence-electron chi connectivity index (χ1n) is 13.4. The molecule has 0 saturated heterocycles. The number of anilines is 1. The first kappa shape index (κ1) is 32.9. The number of halogens is 4. The minimum Gasteiger partial charge on any atom is -0.352 e. The SMILES string of the molecule is CC[C@@H](C)NC(=O)[C@@H](CC)N(Cc1ccccc1)C(=O)CN(c1ccc(Cl)c(C(F)(F)F)c1)S(=O)(=O)c1ccccc1. The fourth-order valence-electron chi connectivity index (χ4n) is 4.27. The summed E-state index contributed by atoms with van der Waals surface area (Å²) >= 11 is 5.80. The molecule has 0 saturated carbocycles. The second-order valence-corrected chi connectivity index (χ2v) is 12.0. The summed E-state index contributed by atoms with van der Waals surface area (Å²) in [7, 11) is -4.53. The number of sulfonamides is 1. The lowest BCUT2D eigenvalue weighted by Crippen LogP contribution is -2.53. The van der Waals surface area contributed by atoms with Crippen LogP contribution in [0.3, 0.4) is 0 Å². The Hall–Kier alpha value is -3.57. The van der Waals surface area contributed by atoms with E-state index in [2.05, 4.69) is 5.32 Å². The van der Waals surface area contributed by atoms with Gasteiger partial charge in [0.25, 0.3) is 10.0 Å². The van der Waals surface area contributed by atoms with E-state index in [1.807, 2.05) is 13.8 Å². The van der Waals surface area contributed by atoms with E-state index in [1.165, 1.54) is 29.2 Å². The van der Waals surface area contributed by atoms with Crippen molar-refractivity contribution in [2.24, 2.45) is 0 Å². The van der Waals surface area contributed by atoms with Gasteiger partial charge in [0.15, 0.2) is 0 Å². The lowest BCUT2D eigenvalue weighted by Gasteiger charge is -2.34. The predicted octanol–water partition coefficient (Wildman–Crippen LogP) is 6.28. The van der Waals surface area contributed by atoms with Crippen LogP contribution in [0.15, 0.2) is 83.8 Å². The fraction of sp³-hybridized carbons (Fsp3) is 0.333. The lowest BCUT2D eigenvalue weighted by atomic mass is 10.1. The van der Waals surface area contributed by atoms with Crippen molar-refractivity contribution < 1.29 is 31.2 Å². The van der Waals surface area contributed by atoms with Crippen LogP contribution in [0.2, 0.25) is 5.02 Å². The maximum atomic E-state index is 14.0. The Kier molecular flexibility index (Phi) is 11.0. The number of nitrogens with zero attached hydrogens (tertiary/aromatic N) is 2. The molecule has 2 atom stereocenters. The van der Waals surface area contributed by atoms with Crippen molar-refractivity contribution in [2.45, 2.75) is 63.3 Å². The molecular weight excluding hydrogens is 591 g/mol. The van der Waals surface area contributed by atoms with E-state index in [4.69, 9.17) is 11.6 Å². The number of carbonyl (C=O) groups is 2. The molecule has 12 heteroatoms. The molecule has 0 radical (unpaired) electrons. The number of rotatable bonds is 12. The standard InChI is InChI=1S/C30H33ClF3N3O4S/c1-4-21(3)35-29(39)27(5-2)36(19-22-12-8-6-9-13-22)28(38)20-37(42(40,41)24-14-10-7-11-15-24)23-16-17-26(31)25(18-23)30(32,33)34/h6-18,21,27H,4-5,19-20H2,1-3H3,(H,35,39)/t21-,27-/m1/s1. The van der Waals surface area contributed by atoms with Gasteiger partial charge in [-0.15, -0.1) is 0 Å². The predicted molar refractivity (Wildman–Crippen MR) is 156 cm³/mol. The zero-order valence-electron chi connectivity index (χ0n) is 23.4. The van der Waals surface area contributed by atoms with Gasteiger partial charge in [-0.05, 0) is 55.7 Å². The summed E-state index contributed by atoms with van der Waals surface area (Å²) in [5.74, 6) is -1.19. The minimum absolute atomic E-state index is 0.0280. The van der Waals surface area contributed by atoms with Crippen LogP contribution >= 0.6 is 11.6 Å². The van der Waals surface area contributed by atoms with Crippen molar-refractivity contribution in [3.05, 3.63) is 95.0 Å². The second-order valence-electron chi connectivity index (χ2n) is 9.74. The lowest BCUT2D eigenvalue weighted by molar-refractivity contribution is -0.140. The highest BCUT2D eigenvalue weighted by molar-refractivity contribution is 7.92. The monoisotopic (exact) mass is 623 g/mol. The van der Waals surface area contributed by atoms with Gasteiger partial charge in [-0.1, -0.05) is 74.0 Å². The second kappa shape index (κ2) is 14.1. The molecule has 1 N–H and O–H groups in total. The third-order valence-corrected chi connectivity index (χ3v) is 8.85. The molecule has 2 amide bonds. The largest absolute Gasteiger partial charge is 0.417 e. The number of alkyl halides is 3. The van der Waals surface area contributed by atoms with E-state index in [0.29, 0.717) is 22.4 Å². The number of hydrogen-bond acceptors (Lipinski definition) is 4. The fourth-order valence-corrected chi connectivity index (χ4v) is 5.93. The van der Waals surface area contributed by atoms with Crippen LogP contribution in [0.25, 0.3) is 0 Å². The summed E-state index contributed by atoms with van der Waals surface area (Å²) < 4.78 is 69.5. The smallest absolute Gasteiger partial charge is 0.352 e. The normalized spacial score (nSPS) is 13.2. The molecule has 0 aliphatic rings. The van der Waals surface area contributed by atoms with E-state index in [0.717, 1.165) is 12.1 Å². The van der Waals surface area contributed by atoms with Crippen LogP contribution in [-0.2, 0) is 32.3 Å². The van der Waals surface area contributed by atoms with E-state index in [-0.39, 0.29) is 23.9 Å². The summed E-state index contributed by atoms with van der Waals surface area (Å²) in [6.07, 6.45) is -4.01. The Morgan fingerprint density at radius 3 is 2.07 bits per heavy atom. The van der Waals surface area contributed by atoms with Crippen molar-refractivity contribution in [1.29, 1.82) is 0 Å². The molecule has 3 aromatic rings. The van der Waals surface area contributed by atoms with Gasteiger partial charge in [-0.3, -0.25) is 13.9 Å². The molecule has 0 bridgehead atoms. The third-order valence-electron chi connectivity index (χ3n) is 6.74. The van der Waals surface area contributed by atoms with Crippen molar-refractivity contribution >= 4 is 39.1 Å². The van der Waals surface area contributed by atoms with Crippen molar-refractivity contribution in [1.82, 2.24) is 10.2 Å². The van der Waals surface area contributed by atoms with Crippen molar-refractivity contribution in [2.75, 3.05) is 10.8 Å². The quantitative estimate of drug-likeness (QED) is 0.257. The van der Waals surface area contributed by atoms with Gasteiger partial charge in [0.1, 0.15) is 12.6 Å². The summed E-state index contributed by atoms with van der Waals surface area (Å²) in [6.45, 7) is 4.54. The van der Waals surface area contributed by atoms with Crippen LogP contribution in [-0.4, -0.2) is 43.8 Å². The summed E-state index contributed by atoms with van der Waals surface area (Å²) in [5.41, 5.74) is -0.965. The van der Waals surface area contributed by atoms with Gasteiger partial charge in [0.2, 0.25) is 11.8 Å². The van der Waals surface area contributed by atoms with E-state index < -0.39 is 56.9 Å². The molecule has 0 aliphatic carbocycles. The van der Waals surface area contributed by atoms with Crippen LogP contribution in [0.4, 0.5) is 18.9 Å². The molecule has 0 aliphatic heterocycles. The van der Waals surface area contributed by atoms with Crippen molar-refractivity contribution in [3.8, 4) is 0 Å². The molecule has 3 aromatic carbocycles. The first-order chi connectivity index (χ1) is 19.8. The molecule has 0 heterocycles. The van der Waals surface area contributed by atoms with Gasteiger partial charge >= 0.3 is 6.18 Å². The highest BCUT2D eigenvalue weighted by atomic mass is 35.5. The highest BCUT2D eigenvalue weighted by Gasteiger charge is 2.37. The van der Waals surface area contributed by atoms with Crippen LogP contribution in [0, 0.1) is 0 Å². The number of benzene rings is 3. The zero-order chi connectivity index (χ0) is 31.1. The zero-order valence-corrected chi connectivity index (χ0v) is 25.0. The average Bonchev–Trinajstić information content (AvgIpc) is 2.96. The van der Waals surface area contributed by atoms with Crippen LogP contribution in [0.5, 0.6) is 0 Å². The van der Waals surface area contributed by atoms with Crippen molar-refractivity contribution in [3.63, 3.8) is 0 Å². The van der Waals surface area contributed by atoms with Gasteiger partial charge in [0, 0.05) is 12.6 Å². The number of carbonyl (C=O) groups excluding carboxylic acids is 2. The highest BCUT2D eigenvalue weighted by Crippen LogP contribution is 2.38. The summed E-state index contributed by atoms with van der Waals surface area (Å²) in [6, 6.07) is 17.4. The maximum Gasteiger partial charge on any atom is 0.417 e. The molecule has 3 rings (SSSR count). The summed E-state index contributed by atoms with van der Waals surface area (Å²) in [4.78, 5) is 28.3. The van der Waals surface area contributed by atoms with Gasteiger partial charge < -0.3 is 10.2 Å². The molecular formula is C30H33ClF3N3O4S. The Morgan fingerprint density at radius 2 is 1.52 bits per heavy atom. The molecule has 42 heavy (non-hydrogen) atoms. The molecule has 226 valence electrons. The minimum atomic E-state index is -4.88. The summed E-state index contributed by atoms with van der Waals surface area (Å²) in [5, 5.41) is 2.25. The molecule has 0 unspecified atom stereocenters. The Morgan fingerprint density at radius 1 is 0.929 bits per heavy atom. The maximum absolute atomic E-state index is 14.0. The molecule has 0 spiro atoms. The van der Waals surface area contributed by atoms with E-state index in [1.54, 1.807) is 43.3 Å². The topological polar surface area (TPSA) is 86.8 Å². The Balaban J connectivity index is 2.12.